The number of thiol groups is 1. The number of carbonyl (C=O) groups is 2. The molecule has 154 valence electrons. The Labute approximate surface area is 189 Å². The summed E-state index contributed by atoms with van der Waals surface area (Å²) < 4.78 is 1.02. The van der Waals surface area contributed by atoms with Crippen molar-refractivity contribution in [1.29, 1.82) is 0 Å². The Kier molecular flexibility index (Phi) is 6.16. The van der Waals surface area contributed by atoms with Crippen LogP contribution in [0, 0.1) is 5.92 Å². The first-order valence-electron chi connectivity index (χ1n) is 9.89. The lowest BCUT2D eigenvalue weighted by atomic mass is 9.87. The Morgan fingerprint density at radius 2 is 1.87 bits per heavy atom. The highest BCUT2D eigenvalue weighted by atomic mass is 79.9. The molecule has 1 aliphatic rings. The van der Waals surface area contributed by atoms with Crippen LogP contribution >= 0.6 is 28.6 Å². The average molecular weight is 484 g/mol. The molecule has 3 atom stereocenters. The fourth-order valence-corrected chi connectivity index (χ4v) is 5.18. The van der Waals surface area contributed by atoms with Crippen LogP contribution in [-0.2, 0) is 16.0 Å². The topological polar surface area (TPSA) is 66.4 Å². The quantitative estimate of drug-likeness (QED) is 0.426. The van der Waals surface area contributed by atoms with E-state index in [1.165, 1.54) is 5.56 Å². The number of amides is 1. The van der Waals surface area contributed by atoms with Crippen LogP contribution in [0.1, 0.15) is 35.1 Å². The van der Waals surface area contributed by atoms with Crippen LogP contribution in [0.5, 0.6) is 0 Å². The molecule has 1 amide bonds. The molecule has 0 spiro atoms. The first kappa shape index (κ1) is 20.9. The van der Waals surface area contributed by atoms with Gasteiger partial charge in [-0.2, -0.15) is 12.6 Å². The summed E-state index contributed by atoms with van der Waals surface area (Å²) in [4.78, 5) is 25.2. The highest BCUT2D eigenvalue weighted by Gasteiger charge is 2.35. The van der Waals surface area contributed by atoms with Crippen molar-refractivity contribution >= 4 is 51.2 Å². The minimum Gasteiger partial charge on any atom is -0.479 e. The standard InChI is InChI=1S/C24H22BrNO3S/c25-18-8-10-19-16(12-18)7-9-20(19)21(13-30)23(27)26-22(24(28)29)17-6-5-14-3-1-2-4-15(14)11-17/h1-6,8,10-12,20-22,30H,7,9,13H2,(H,26,27)(H,28,29)/t20-,21+,22-/m0/s1. The number of aliphatic carboxylic acids is 1. The zero-order valence-corrected chi connectivity index (χ0v) is 18.7. The molecule has 0 unspecified atom stereocenters. The number of fused-ring (bicyclic) bond motifs is 2. The van der Waals surface area contributed by atoms with Crippen LogP contribution in [0.25, 0.3) is 10.8 Å². The molecule has 0 fully saturated rings. The van der Waals surface area contributed by atoms with Crippen molar-refractivity contribution in [3.63, 3.8) is 0 Å². The molecule has 0 radical (unpaired) electrons. The van der Waals surface area contributed by atoms with E-state index in [0.29, 0.717) is 11.3 Å². The zero-order valence-electron chi connectivity index (χ0n) is 16.2. The monoisotopic (exact) mass is 483 g/mol. The van der Waals surface area contributed by atoms with E-state index in [-0.39, 0.29) is 11.8 Å². The first-order chi connectivity index (χ1) is 14.5. The van der Waals surface area contributed by atoms with Gasteiger partial charge in [0.2, 0.25) is 5.91 Å². The smallest absolute Gasteiger partial charge is 0.330 e. The van der Waals surface area contributed by atoms with Gasteiger partial charge in [-0.05, 0) is 64.4 Å². The second-order valence-corrected chi connectivity index (χ2v) is 8.94. The van der Waals surface area contributed by atoms with Gasteiger partial charge in [0.15, 0.2) is 6.04 Å². The molecule has 0 heterocycles. The zero-order chi connectivity index (χ0) is 21.3. The van der Waals surface area contributed by atoms with Gasteiger partial charge >= 0.3 is 5.97 Å². The molecule has 0 aliphatic heterocycles. The van der Waals surface area contributed by atoms with Crippen LogP contribution in [0.15, 0.2) is 65.1 Å². The molecule has 1 aliphatic carbocycles. The van der Waals surface area contributed by atoms with Crippen molar-refractivity contribution in [3.8, 4) is 0 Å². The van der Waals surface area contributed by atoms with E-state index < -0.39 is 17.9 Å². The van der Waals surface area contributed by atoms with Gasteiger partial charge in [0.05, 0.1) is 5.92 Å². The molecule has 0 bridgehead atoms. The van der Waals surface area contributed by atoms with E-state index in [9.17, 15) is 14.7 Å². The minimum atomic E-state index is -1.10. The highest BCUT2D eigenvalue weighted by Crippen LogP contribution is 2.40. The number of carbonyl (C=O) groups excluding carboxylic acids is 1. The summed E-state index contributed by atoms with van der Waals surface area (Å²) in [5.41, 5.74) is 2.95. The third kappa shape index (κ3) is 4.12. The SMILES string of the molecule is O=C(O)[C@@H](NC(=O)[C@H](CS)[C@H]1CCc2cc(Br)ccc21)c1ccc2ccccc2c1. The largest absolute Gasteiger partial charge is 0.479 e. The Balaban J connectivity index is 1.58. The van der Waals surface area contributed by atoms with Gasteiger partial charge < -0.3 is 10.4 Å². The molecule has 6 heteroatoms. The van der Waals surface area contributed by atoms with Crippen molar-refractivity contribution in [3.05, 3.63) is 81.8 Å². The summed E-state index contributed by atoms with van der Waals surface area (Å²) in [5, 5.41) is 14.6. The minimum absolute atomic E-state index is 0.0386. The van der Waals surface area contributed by atoms with Gasteiger partial charge in [-0.1, -0.05) is 58.4 Å². The number of hydrogen-bond donors (Lipinski definition) is 3. The molecule has 4 nitrogen and oxygen atoms in total. The Hall–Kier alpha value is -2.31. The van der Waals surface area contributed by atoms with Crippen LogP contribution in [-0.4, -0.2) is 22.7 Å². The van der Waals surface area contributed by atoms with E-state index in [4.69, 9.17) is 0 Å². The van der Waals surface area contributed by atoms with E-state index in [2.05, 4.69) is 46.0 Å². The van der Waals surface area contributed by atoms with Crippen LogP contribution in [0.3, 0.4) is 0 Å². The molecular weight excluding hydrogens is 462 g/mol. The third-order valence-corrected chi connectivity index (χ3v) is 6.78. The lowest BCUT2D eigenvalue weighted by Crippen LogP contribution is -2.40. The summed E-state index contributed by atoms with van der Waals surface area (Å²) in [6.07, 6.45) is 1.77. The molecule has 0 aromatic heterocycles. The van der Waals surface area contributed by atoms with Crippen molar-refractivity contribution in [2.45, 2.75) is 24.8 Å². The normalized spacial score (nSPS) is 17.3. The summed E-state index contributed by atoms with van der Waals surface area (Å²) in [5.74, 6) is -1.34. The summed E-state index contributed by atoms with van der Waals surface area (Å²) >= 11 is 7.93. The Morgan fingerprint density at radius 1 is 1.10 bits per heavy atom. The van der Waals surface area contributed by atoms with Crippen molar-refractivity contribution in [2.24, 2.45) is 5.92 Å². The van der Waals surface area contributed by atoms with E-state index in [1.54, 1.807) is 6.07 Å². The predicted molar refractivity (Wildman–Crippen MR) is 125 cm³/mol. The molecule has 30 heavy (non-hydrogen) atoms. The molecule has 3 aromatic rings. The van der Waals surface area contributed by atoms with Gasteiger partial charge in [-0.3, -0.25) is 4.79 Å². The second kappa shape index (κ2) is 8.82. The maximum Gasteiger partial charge on any atom is 0.330 e. The summed E-state index contributed by atoms with van der Waals surface area (Å²) in [6, 6.07) is 18.3. The highest BCUT2D eigenvalue weighted by molar-refractivity contribution is 9.10. The van der Waals surface area contributed by atoms with Gasteiger partial charge in [0.1, 0.15) is 0 Å². The fourth-order valence-electron chi connectivity index (χ4n) is 4.35. The van der Waals surface area contributed by atoms with E-state index in [1.807, 2.05) is 42.5 Å². The van der Waals surface area contributed by atoms with Crippen molar-refractivity contribution < 1.29 is 14.7 Å². The maximum absolute atomic E-state index is 13.2. The maximum atomic E-state index is 13.2. The number of carboxylic acid groups (broad SMARTS) is 1. The van der Waals surface area contributed by atoms with Crippen molar-refractivity contribution in [2.75, 3.05) is 5.75 Å². The van der Waals surface area contributed by atoms with Gasteiger partial charge in [0.25, 0.3) is 0 Å². The molecule has 3 aromatic carbocycles. The van der Waals surface area contributed by atoms with Gasteiger partial charge in [-0.25, -0.2) is 4.79 Å². The van der Waals surface area contributed by atoms with Crippen LogP contribution in [0.2, 0.25) is 0 Å². The number of halogens is 1. The molecule has 4 rings (SSSR count). The van der Waals surface area contributed by atoms with Crippen LogP contribution in [0.4, 0.5) is 0 Å². The molecule has 0 saturated carbocycles. The van der Waals surface area contributed by atoms with Crippen molar-refractivity contribution in [1.82, 2.24) is 5.32 Å². The number of rotatable bonds is 6. The predicted octanol–water partition coefficient (Wildman–Crippen LogP) is 5.12. The first-order valence-corrected chi connectivity index (χ1v) is 11.3. The number of carboxylic acids is 1. The molecule has 2 N–H and O–H groups in total. The Morgan fingerprint density at radius 3 is 2.60 bits per heavy atom. The molecular formula is C24H22BrNO3S. The number of nitrogens with one attached hydrogen (secondary N) is 1. The second-order valence-electron chi connectivity index (χ2n) is 7.66. The fraction of sp³-hybridized carbons (Fsp3) is 0.250. The summed E-state index contributed by atoms with van der Waals surface area (Å²) in [6.45, 7) is 0. The third-order valence-electron chi connectivity index (χ3n) is 5.89. The molecule has 0 saturated heterocycles. The Bertz CT molecular complexity index is 1120. The lowest BCUT2D eigenvalue weighted by molar-refractivity contribution is -0.142. The summed E-state index contributed by atoms with van der Waals surface area (Å²) in [7, 11) is 0. The van der Waals surface area contributed by atoms with E-state index >= 15 is 0 Å². The van der Waals surface area contributed by atoms with E-state index in [0.717, 1.165) is 33.7 Å². The number of benzene rings is 3. The number of hydrogen-bond acceptors (Lipinski definition) is 3. The van der Waals surface area contributed by atoms with Gasteiger partial charge in [-0.15, -0.1) is 0 Å². The lowest BCUT2D eigenvalue weighted by Gasteiger charge is -2.24. The van der Waals surface area contributed by atoms with Gasteiger partial charge in [0, 0.05) is 10.2 Å². The average Bonchev–Trinajstić information content (AvgIpc) is 3.14. The number of aryl methyl sites for hydroxylation is 1. The van der Waals surface area contributed by atoms with Crippen LogP contribution < -0.4 is 5.32 Å².